The third-order valence-corrected chi connectivity index (χ3v) is 3.94. The van der Waals surface area contributed by atoms with Crippen molar-refractivity contribution in [2.75, 3.05) is 20.1 Å². The summed E-state index contributed by atoms with van der Waals surface area (Å²) in [5, 5.41) is 3.12. The molecule has 100 valence electrons. The normalized spacial score (nSPS) is 27.9. The van der Waals surface area contributed by atoms with Gasteiger partial charge in [0.1, 0.15) is 11.5 Å². The van der Waals surface area contributed by atoms with Crippen LogP contribution >= 0.6 is 0 Å². The van der Waals surface area contributed by atoms with Crippen LogP contribution in [0.1, 0.15) is 29.9 Å². The number of rotatable bonds is 4. The monoisotopic (exact) mass is 250 g/mol. The van der Waals surface area contributed by atoms with Crippen LogP contribution in [-0.2, 0) is 17.8 Å². The molecular weight excluding hydrogens is 228 g/mol. The lowest BCUT2D eigenvalue weighted by Gasteiger charge is -2.31. The van der Waals surface area contributed by atoms with Crippen molar-refractivity contribution in [2.24, 2.45) is 0 Å². The quantitative estimate of drug-likeness (QED) is 0.882. The number of morpholine rings is 1. The highest BCUT2D eigenvalue weighted by molar-refractivity contribution is 5.21. The first-order valence-electron chi connectivity index (χ1n) is 6.85. The Kier molecular flexibility index (Phi) is 3.41. The van der Waals surface area contributed by atoms with Crippen LogP contribution in [-0.4, -0.2) is 37.2 Å². The molecule has 0 amide bonds. The molecule has 2 unspecified atom stereocenters. The van der Waals surface area contributed by atoms with Crippen molar-refractivity contribution < 1.29 is 9.15 Å². The second kappa shape index (κ2) is 5.03. The lowest BCUT2D eigenvalue weighted by molar-refractivity contribution is -0.0411. The van der Waals surface area contributed by atoms with Crippen molar-refractivity contribution in [3.05, 3.63) is 23.2 Å². The van der Waals surface area contributed by atoms with Gasteiger partial charge in [0.2, 0.25) is 0 Å². The number of nitrogens with zero attached hydrogens (tertiary/aromatic N) is 1. The van der Waals surface area contributed by atoms with Crippen molar-refractivity contribution >= 4 is 0 Å². The number of likely N-dealkylation sites (tertiary alicyclic amines) is 1. The summed E-state index contributed by atoms with van der Waals surface area (Å²) in [6.45, 7) is 6.00. The summed E-state index contributed by atoms with van der Waals surface area (Å²) < 4.78 is 11.6. The predicted octanol–water partition coefficient (Wildman–Crippen LogP) is 1.67. The van der Waals surface area contributed by atoms with Gasteiger partial charge in [-0.2, -0.15) is 0 Å². The SMILES string of the molecule is CNCc1cc(CN2CC3CCC(C2)O3)c(C)o1. The first-order valence-corrected chi connectivity index (χ1v) is 6.85. The molecule has 0 aromatic carbocycles. The van der Waals surface area contributed by atoms with E-state index in [-0.39, 0.29) is 0 Å². The van der Waals surface area contributed by atoms with Crippen LogP contribution in [0.4, 0.5) is 0 Å². The van der Waals surface area contributed by atoms with Crippen LogP contribution in [0.15, 0.2) is 10.5 Å². The number of fused-ring (bicyclic) bond motifs is 2. The number of ether oxygens (including phenoxy) is 1. The number of hydrogen-bond acceptors (Lipinski definition) is 4. The lowest BCUT2D eigenvalue weighted by atomic mass is 10.2. The first kappa shape index (κ1) is 12.2. The van der Waals surface area contributed by atoms with Crippen molar-refractivity contribution in [3.63, 3.8) is 0 Å². The predicted molar refractivity (Wildman–Crippen MR) is 69.4 cm³/mol. The fourth-order valence-corrected chi connectivity index (χ4v) is 3.08. The van der Waals surface area contributed by atoms with Crippen LogP contribution in [0.25, 0.3) is 0 Å². The third kappa shape index (κ3) is 2.46. The maximum absolute atomic E-state index is 5.86. The molecule has 0 radical (unpaired) electrons. The summed E-state index contributed by atoms with van der Waals surface area (Å²) in [7, 11) is 1.94. The number of nitrogens with one attached hydrogen (secondary N) is 1. The topological polar surface area (TPSA) is 37.6 Å². The van der Waals surface area contributed by atoms with Crippen LogP contribution in [0.2, 0.25) is 0 Å². The highest BCUT2D eigenvalue weighted by Gasteiger charge is 2.33. The van der Waals surface area contributed by atoms with Gasteiger partial charge in [-0.25, -0.2) is 0 Å². The minimum Gasteiger partial charge on any atom is -0.465 e. The van der Waals surface area contributed by atoms with E-state index in [1.807, 2.05) is 7.05 Å². The van der Waals surface area contributed by atoms with Gasteiger partial charge in [0.25, 0.3) is 0 Å². The zero-order valence-corrected chi connectivity index (χ0v) is 11.2. The molecule has 2 fully saturated rings. The fourth-order valence-electron chi connectivity index (χ4n) is 3.08. The van der Waals surface area contributed by atoms with Crippen LogP contribution < -0.4 is 5.32 Å². The molecule has 1 aromatic heterocycles. The van der Waals surface area contributed by atoms with E-state index < -0.39 is 0 Å². The Bertz CT molecular complexity index is 404. The van der Waals surface area contributed by atoms with E-state index in [0.29, 0.717) is 12.2 Å². The van der Waals surface area contributed by atoms with E-state index in [4.69, 9.17) is 9.15 Å². The molecular formula is C14H22N2O2. The Morgan fingerprint density at radius 3 is 2.72 bits per heavy atom. The van der Waals surface area contributed by atoms with Crippen molar-refractivity contribution in [1.82, 2.24) is 10.2 Å². The maximum Gasteiger partial charge on any atom is 0.118 e. The summed E-state index contributed by atoms with van der Waals surface area (Å²) in [6, 6.07) is 2.18. The molecule has 3 rings (SSSR count). The first-order chi connectivity index (χ1) is 8.74. The van der Waals surface area contributed by atoms with Crippen molar-refractivity contribution in [3.8, 4) is 0 Å². The van der Waals surface area contributed by atoms with E-state index in [0.717, 1.165) is 37.7 Å². The smallest absolute Gasteiger partial charge is 0.118 e. The second-order valence-corrected chi connectivity index (χ2v) is 5.48. The molecule has 2 bridgehead atoms. The van der Waals surface area contributed by atoms with Gasteiger partial charge in [-0.15, -0.1) is 0 Å². The van der Waals surface area contributed by atoms with Crippen molar-refractivity contribution in [1.29, 1.82) is 0 Å². The zero-order chi connectivity index (χ0) is 12.5. The minimum atomic E-state index is 0.465. The molecule has 1 N–H and O–H groups in total. The minimum absolute atomic E-state index is 0.465. The van der Waals surface area contributed by atoms with Gasteiger partial charge in [0.05, 0.1) is 18.8 Å². The van der Waals surface area contributed by atoms with E-state index >= 15 is 0 Å². The highest BCUT2D eigenvalue weighted by atomic mass is 16.5. The molecule has 0 aliphatic carbocycles. The van der Waals surface area contributed by atoms with Gasteiger partial charge in [0, 0.05) is 25.2 Å². The molecule has 2 aliphatic rings. The van der Waals surface area contributed by atoms with Gasteiger partial charge in [-0.1, -0.05) is 0 Å². The van der Waals surface area contributed by atoms with Crippen LogP contribution in [0.3, 0.4) is 0 Å². The van der Waals surface area contributed by atoms with E-state index in [2.05, 4.69) is 23.2 Å². The molecule has 0 spiro atoms. The molecule has 18 heavy (non-hydrogen) atoms. The number of aryl methyl sites for hydroxylation is 1. The molecule has 0 saturated carbocycles. The second-order valence-electron chi connectivity index (χ2n) is 5.48. The van der Waals surface area contributed by atoms with Gasteiger partial charge in [0.15, 0.2) is 0 Å². The summed E-state index contributed by atoms with van der Waals surface area (Å²) in [6.07, 6.45) is 3.40. The number of hydrogen-bond donors (Lipinski definition) is 1. The van der Waals surface area contributed by atoms with E-state index in [1.165, 1.54) is 18.4 Å². The van der Waals surface area contributed by atoms with E-state index in [1.54, 1.807) is 0 Å². The third-order valence-electron chi connectivity index (χ3n) is 3.94. The van der Waals surface area contributed by atoms with Crippen molar-refractivity contribution in [2.45, 2.75) is 45.1 Å². The van der Waals surface area contributed by atoms with Gasteiger partial charge < -0.3 is 14.5 Å². The largest absolute Gasteiger partial charge is 0.465 e. The summed E-state index contributed by atoms with van der Waals surface area (Å²) in [4.78, 5) is 2.51. The molecule has 4 nitrogen and oxygen atoms in total. The Labute approximate surface area is 108 Å². The van der Waals surface area contributed by atoms with E-state index in [9.17, 15) is 0 Å². The fraction of sp³-hybridized carbons (Fsp3) is 0.714. The summed E-state index contributed by atoms with van der Waals surface area (Å²) >= 11 is 0. The summed E-state index contributed by atoms with van der Waals surface area (Å²) in [5.41, 5.74) is 1.32. The molecule has 2 atom stereocenters. The van der Waals surface area contributed by atoms with Gasteiger partial charge in [-0.3, -0.25) is 4.90 Å². The lowest BCUT2D eigenvalue weighted by Crippen LogP contribution is -2.42. The molecule has 4 heteroatoms. The molecule has 2 aliphatic heterocycles. The Hall–Kier alpha value is -0.840. The zero-order valence-electron chi connectivity index (χ0n) is 11.2. The van der Waals surface area contributed by atoms with Gasteiger partial charge >= 0.3 is 0 Å². The Balaban J connectivity index is 1.65. The standard InChI is InChI=1S/C14H22N2O2/c1-10-11(5-14(17-10)6-15-2)7-16-8-12-3-4-13(9-16)18-12/h5,12-13,15H,3-4,6-9H2,1-2H3. The molecule has 1 aromatic rings. The van der Waals surface area contributed by atoms with Gasteiger partial charge in [-0.05, 0) is 32.9 Å². The Morgan fingerprint density at radius 1 is 1.33 bits per heavy atom. The van der Waals surface area contributed by atoms with Crippen LogP contribution in [0, 0.1) is 6.92 Å². The summed E-state index contributed by atoms with van der Waals surface area (Å²) in [5.74, 6) is 2.08. The highest BCUT2D eigenvalue weighted by Crippen LogP contribution is 2.28. The van der Waals surface area contributed by atoms with Crippen LogP contribution in [0.5, 0.6) is 0 Å². The number of furan rings is 1. The maximum atomic E-state index is 5.86. The molecule has 3 heterocycles. The Morgan fingerprint density at radius 2 is 2.06 bits per heavy atom. The average Bonchev–Trinajstić information content (AvgIpc) is 2.84. The molecule has 2 saturated heterocycles. The average molecular weight is 250 g/mol.